The van der Waals surface area contributed by atoms with E-state index in [-0.39, 0.29) is 37.4 Å². The van der Waals surface area contributed by atoms with Crippen LogP contribution in [0.5, 0.6) is 5.75 Å². The summed E-state index contributed by atoms with van der Waals surface area (Å²) in [5, 5.41) is 20.6. The number of alkyl halides is 2. The number of nitrogens with zero attached hydrogens (tertiary/aromatic N) is 1. The molecular weight excluding hydrogens is 494 g/mol. The minimum Gasteiger partial charge on any atom is -0.478 e. The van der Waals surface area contributed by atoms with Crippen molar-refractivity contribution in [2.24, 2.45) is 0 Å². The van der Waals surface area contributed by atoms with Crippen LogP contribution in [0.15, 0.2) is 47.4 Å². The van der Waals surface area contributed by atoms with E-state index in [1.165, 1.54) is 24.3 Å². The largest absolute Gasteiger partial charge is 0.478 e. The lowest BCUT2D eigenvalue weighted by molar-refractivity contribution is -0.126. The highest BCUT2D eigenvalue weighted by molar-refractivity contribution is 8.26. The first-order valence-electron chi connectivity index (χ1n) is 9.26. The third-order valence-electron chi connectivity index (χ3n) is 4.31. The third kappa shape index (κ3) is 5.94. The fourth-order valence-corrected chi connectivity index (χ4v) is 4.12. The Morgan fingerprint density at radius 2 is 1.74 bits per heavy atom. The van der Waals surface area contributed by atoms with Crippen LogP contribution in [0.2, 0.25) is 0 Å². The van der Waals surface area contributed by atoms with Crippen molar-refractivity contribution in [1.29, 1.82) is 0 Å². The first kappa shape index (κ1) is 24.8. The molecule has 13 heteroatoms. The number of carbonyl (C=O) groups is 4. The van der Waals surface area contributed by atoms with Crippen LogP contribution in [0.1, 0.15) is 26.3 Å². The summed E-state index contributed by atoms with van der Waals surface area (Å²) in [6.45, 7) is -3.61. The molecule has 1 heterocycles. The van der Waals surface area contributed by atoms with Crippen LogP contribution in [-0.4, -0.2) is 56.3 Å². The highest BCUT2D eigenvalue weighted by atomic mass is 32.2. The van der Waals surface area contributed by atoms with Gasteiger partial charge >= 0.3 is 18.6 Å². The number of carbonyl (C=O) groups excluding carboxylic acids is 2. The van der Waals surface area contributed by atoms with E-state index in [0.29, 0.717) is 0 Å². The Morgan fingerprint density at radius 3 is 2.32 bits per heavy atom. The number of rotatable bonds is 8. The van der Waals surface area contributed by atoms with Crippen LogP contribution in [0.3, 0.4) is 0 Å². The van der Waals surface area contributed by atoms with E-state index in [2.05, 4.69) is 10.1 Å². The van der Waals surface area contributed by atoms with Crippen LogP contribution in [0.25, 0.3) is 6.08 Å². The van der Waals surface area contributed by atoms with Crippen molar-refractivity contribution >= 4 is 63.8 Å². The molecule has 2 amide bonds. The van der Waals surface area contributed by atoms with Gasteiger partial charge in [-0.05, 0) is 30.3 Å². The van der Waals surface area contributed by atoms with Gasteiger partial charge in [0.05, 0.1) is 16.0 Å². The third-order valence-corrected chi connectivity index (χ3v) is 5.69. The number of aromatic carboxylic acids is 2. The van der Waals surface area contributed by atoms with Crippen LogP contribution in [0, 0.1) is 0 Å². The quantitative estimate of drug-likeness (QED) is 0.362. The number of para-hydroxylation sites is 1. The molecule has 0 atom stereocenters. The van der Waals surface area contributed by atoms with Gasteiger partial charge in [-0.25, -0.2) is 9.59 Å². The average Bonchev–Trinajstić information content (AvgIpc) is 3.01. The Kier molecular flexibility index (Phi) is 7.58. The lowest BCUT2D eigenvalue weighted by Gasteiger charge is -2.14. The van der Waals surface area contributed by atoms with E-state index in [4.69, 9.17) is 22.4 Å². The molecular formula is C21H14F2N2O7S2. The zero-order valence-electron chi connectivity index (χ0n) is 16.9. The number of carboxylic acids is 2. The Bertz CT molecular complexity index is 1200. The minimum absolute atomic E-state index is 0.0316. The van der Waals surface area contributed by atoms with Crippen molar-refractivity contribution in [1.82, 2.24) is 4.90 Å². The highest BCUT2D eigenvalue weighted by Gasteiger charge is 2.33. The fourth-order valence-electron chi connectivity index (χ4n) is 2.87. The van der Waals surface area contributed by atoms with Crippen molar-refractivity contribution < 1.29 is 42.9 Å². The van der Waals surface area contributed by atoms with Gasteiger partial charge in [0.1, 0.15) is 16.6 Å². The molecule has 0 bridgehead atoms. The summed E-state index contributed by atoms with van der Waals surface area (Å²) in [4.78, 5) is 48.7. The Balaban J connectivity index is 1.76. The first-order chi connectivity index (χ1) is 16.0. The number of thiocarbonyl (C=S) groups is 1. The lowest BCUT2D eigenvalue weighted by atomic mass is 10.1. The van der Waals surface area contributed by atoms with E-state index in [9.17, 15) is 28.0 Å². The Labute approximate surface area is 200 Å². The molecule has 1 saturated heterocycles. The molecule has 0 aliphatic carbocycles. The fraction of sp³-hybridized carbons (Fsp3) is 0.0952. The molecule has 0 saturated carbocycles. The topological polar surface area (TPSA) is 133 Å². The number of nitrogens with one attached hydrogen (secondary N) is 1. The second-order valence-corrected chi connectivity index (χ2v) is 8.32. The summed E-state index contributed by atoms with van der Waals surface area (Å²) in [6, 6.07) is 8.89. The molecule has 3 N–H and O–H groups in total. The molecule has 9 nitrogen and oxygen atoms in total. The molecule has 1 aliphatic heterocycles. The average molecular weight is 508 g/mol. The Hall–Kier alpha value is -3.84. The van der Waals surface area contributed by atoms with Crippen molar-refractivity contribution in [2.75, 3.05) is 11.9 Å². The molecule has 0 unspecified atom stereocenters. The lowest BCUT2D eigenvalue weighted by Crippen LogP contribution is -2.36. The normalized spacial score (nSPS) is 14.6. The van der Waals surface area contributed by atoms with Crippen LogP contribution in [-0.2, 0) is 9.59 Å². The monoisotopic (exact) mass is 508 g/mol. The summed E-state index contributed by atoms with van der Waals surface area (Å²) < 4.78 is 29.7. The maximum atomic E-state index is 12.8. The molecule has 3 rings (SSSR count). The molecule has 0 radical (unpaired) electrons. The van der Waals surface area contributed by atoms with Crippen molar-refractivity contribution in [2.45, 2.75) is 6.61 Å². The van der Waals surface area contributed by atoms with Crippen molar-refractivity contribution in [3.63, 3.8) is 0 Å². The molecule has 2 aromatic carbocycles. The van der Waals surface area contributed by atoms with Crippen LogP contribution >= 0.6 is 24.0 Å². The van der Waals surface area contributed by atoms with Crippen molar-refractivity contribution in [3.8, 4) is 5.75 Å². The number of hydrogen-bond acceptors (Lipinski definition) is 7. The van der Waals surface area contributed by atoms with Gasteiger partial charge in [0.15, 0.2) is 0 Å². The number of anilines is 1. The number of carboxylic acid groups (broad SMARTS) is 2. The van der Waals surface area contributed by atoms with Gasteiger partial charge in [0.25, 0.3) is 5.91 Å². The van der Waals surface area contributed by atoms with Crippen LogP contribution in [0.4, 0.5) is 14.5 Å². The standard InChI is InChI=1S/C21H14F2N2O7S2/c22-20(23)32-14-4-2-1-3-10(14)8-15-17(27)25(21(33)34-15)9-16(26)24-13-6-11(18(28)29)5-12(7-13)19(30)31/h1-8,20H,9H2,(H,24,26)(H,28,29)(H,30,31)/b15-8-. The zero-order chi connectivity index (χ0) is 25.0. The number of hydrogen-bond donors (Lipinski definition) is 3. The second-order valence-electron chi connectivity index (χ2n) is 6.64. The summed E-state index contributed by atoms with van der Waals surface area (Å²) >= 11 is 6.00. The second kappa shape index (κ2) is 10.4. The maximum absolute atomic E-state index is 12.8. The highest BCUT2D eigenvalue weighted by Crippen LogP contribution is 2.34. The van der Waals surface area contributed by atoms with Gasteiger partial charge in [-0.1, -0.05) is 42.2 Å². The molecule has 0 aromatic heterocycles. The number of ether oxygens (including phenoxy) is 1. The molecule has 1 fully saturated rings. The molecule has 0 spiro atoms. The van der Waals surface area contributed by atoms with E-state index < -0.39 is 36.9 Å². The number of thioether (sulfide) groups is 1. The number of halogens is 2. The number of benzene rings is 2. The minimum atomic E-state index is -3.06. The predicted molar refractivity (Wildman–Crippen MR) is 122 cm³/mol. The summed E-state index contributed by atoms with van der Waals surface area (Å²) in [5.41, 5.74) is -0.595. The molecule has 34 heavy (non-hydrogen) atoms. The van der Waals surface area contributed by atoms with E-state index in [0.717, 1.165) is 34.9 Å². The molecule has 176 valence electrons. The summed E-state index contributed by atoms with van der Waals surface area (Å²) in [6.07, 6.45) is 1.31. The maximum Gasteiger partial charge on any atom is 0.387 e. The van der Waals surface area contributed by atoms with Gasteiger partial charge in [0.2, 0.25) is 5.91 Å². The molecule has 1 aliphatic rings. The summed E-state index contributed by atoms with van der Waals surface area (Å²) in [5.74, 6) is -4.35. The SMILES string of the molecule is O=C(CN1C(=O)/C(=C/c2ccccc2OC(F)F)SC1=S)Nc1cc(C(=O)O)cc(C(=O)O)c1. The first-order valence-corrected chi connectivity index (χ1v) is 10.5. The van der Waals surface area contributed by atoms with Gasteiger partial charge in [-0.2, -0.15) is 8.78 Å². The smallest absolute Gasteiger partial charge is 0.387 e. The molecule has 2 aromatic rings. The van der Waals surface area contributed by atoms with Gasteiger partial charge in [-0.3, -0.25) is 14.5 Å². The van der Waals surface area contributed by atoms with Gasteiger partial charge in [0, 0.05) is 11.3 Å². The van der Waals surface area contributed by atoms with E-state index >= 15 is 0 Å². The van der Waals surface area contributed by atoms with E-state index in [1.807, 2.05) is 0 Å². The predicted octanol–water partition coefficient (Wildman–Crippen LogP) is 3.52. The van der Waals surface area contributed by atoms with Crippen molar-refractivity contribution in [3.05, 3.63) is 64.1 Å². The van der Waals surface area contributed by atoms with Gasteiger partial charge in [-0.15, -0.1) is 0 Å². The van der Waals surface area contributed by atoms with E-state index in [1.54, 1.807) is 6.07 Å². The zero-order valence-corrected chi connectivity index (χ0v) is 18.5. The number of amides is 2. The van der Waals surface area contributed by atoms with Crippen LogP contribution < -0.4 is 10.1 Å². The Morgan fingerprint density at radius 1 is 1.12 bits per heavy atom. The van der Waals surface area contributed by atoms with Gasteiger partial charge < -0.3 is 20.3 Å². The summed E-state index contributed by atoms with van der Waals surface area (Å²) in [7, 11) is 0.